The van der Waals surface area contributed by atoms with Gasteiger partial charge < -0.3 is 20.9 Å². The van der Waals surface area contributed by atoms with Crippen molar-refractivity contribution < 1.29 is 0 Å². The van der Waals surface area contributed by atoms with Crippen molar-refractivity contribution in [3.63, 3.8) is 0 Å². The first-order valence-electron chi connectivity index (χ1n) is 6.92. The number of anilines is 2. The van der Waals surface area contributed by atoms with Crippen molar-refractivity contribution in [3.05, 3.63) is 12.4 Å². The smallest absolute Gasteiger partial charge is 0.131 e. The number of nitrogens with zero attached hydrogens (tertiary/aromatic N) is 3. The molecule has 0 saturated carbocycles. The molecular formula is C13H24N6. The molecule has 1 aromatic heterocycles. The predicted octanol–water partition coefficient (Wildman–Crippen LogP) is 0.614. The van der Waals surface area contributed by atoms with E-state index in [0.29, 0.717) is 6.04 Å². The molecule has 1 aromatic rings. The van der Waals surface area contributed by atoms with Gasteiger partial charge in [-0.15, -0.1) is 0 Å². The van der Waals surface area contributed by atoms with Gasteiger partial charge in [0, 0.05) is 25.2 Å². The van der Waals surface area contributed by atoms with Crippen LogP contribution in [0.1, 0.15) is 12.8 Å². The van der Waals surface area contributed by atoms with Crippen LogP contribution in [0, 0.1) is 0 Å². The molecule has 1 fully saturated rings. The molecule has 0 radical (unpaired) electrons. The first kappa shape index (κ1) is 14.0. The van der Waals surface area contributed by atoms with Gasteiger partial charge in [0.05, 0.1) is 0 Å². The van der Waals surface area contributed by atoms with E-state index in [1.165, 1.54) is 0 Å². The SMILES string of the molecule is CN(C)CCCNc1cc(NC2CCNC2)ncn1. The highest BCUT2D eigenvalue weighted by Crippen LogP contribution is 2.12. The first-order chi connectivity index (χ1) is 9.24. The minimum absolute atomic E-state index is 0.483. The van der Waals surface area contributed by atoms with Gasteiger partial charge in [0.1, 0.15) is 18.0 Å². The molecule has 1 atom stereocenters. The van der Waals surface area contributed by atoms with Gasteiger partial charge in [-0.25, -0.2) is 9.97 Å². The summed E-state index contributed by atoms with van der Waals surface area (Å²) in [6.07, 6.45) is 3.86. The van der Waals surface area contributed by atoms with Crippen LogP contribution in [0.15, 0.2) is 12.4 Å². The largest absolute Gasteiger partial charge is 0.370 e. The average Bonchev–Trinajstić information content (AvgIpc) is 2.88. The van der Waals surface area contributed by atoms with Gasteiger partial charge in [-0.05, 0) is 40.0 Å². The van der Waals surface area contributed by atoms with Crippen LogP contribution in [0.4, 0.5) is 11.6 Å². The lowest BCUT2D eigenvalue weighted by Gasteiger charge is -2.13. The summed E-state index contributed by atoms with van der Waals surface area (Å²) in [5.74, 6) is 1.79. The summed E-state index contributed by atoms with van der Waals surface area (Å²) in [7, 11) is 4.17. The van der Waals surface area contributed by atoms with Crippen LogP contribution in [0.3, 0.4) is 0 Å². The molecule has 0 amide bonds. The fraction of sp³-hybridized carbons (Fsp3) is 0.692. The molecule has 0 spiro atoms. The molecule has 6 heteroatoms. The highest BCUT2D eigenvalue weighted by molar-refractivity contribution is 5.47. The summed E-state index contributed by atoms with van der Waals surface area (Å²) in [5, 5.41) is 10.1. The zero-order valence-corrected chi connectivity index (χ0v) is 11.8. The topological polar surface area (TPSA) is 65.1 Å². The van der Waals surface area contributed by atoms with E-state index >= 15 is 0 Å². The Kier molecular flexibility index (Phi) is 5.35. The third-order valence-corrected chi connectivity index (χ3v) is 3.17. The van der Waals surface area contributed by atoms with Gasteiger partial charge in [-0.1, -0.05) is 0 Å². The van der Waals surface area contributed by atoms with Gasteiger partial charge >= 0.3 is 0 Å². The monoisotopic (exact) mass is 264 g/mol. The highest BCUT2D eigenvalue weighted by atomic mass is 15.1. The van der Waals surface area contributed by atoms with E-state index in [2.05, 4.69) is 44.9 Å². The fourth-order valence-electron chi connectivity index (χ4n) is 2.13. The minimum Gasteiger partial charge on any atom is -0.370 e. The second-order valence-electron chi connectivity index (χ2n) is 5.21. The van der Waals surface area contributed by atoms with Crippen molar-refractivity contribution >= 4 is 11.6 Å². The lowest BCUT2D eigenvalue weighted by atomic mass is 10.2. The maximum absolute atomic E-state index is 4.26. The Morgan fingerprint density at radius 2 is 2.21 bits per heavy atom. The normalized spacial score (nSPS) is 18.8. The maximum Gasteiger partial charge on any atom is 0.131 e. The van der Waals surface area contributed by atoms with Crippen LogP contribution in [0.2, 0.25) is 0 Å². The van der Waals surface area contributed by atoms with Crippen molar-refractivity contribution in [3.8, 4) is 0 Å². The van der Waals surface area contributed by atoms with E-state index in [4.69, 9.17) is 0 Å². The molecule has 1 aliphatic heterocycles. The second kappa shape index (κ2) is 7.25. The Bertz CT molecular complexity index is 375. The van der Waals surface area contributed by atoms with Gasteiger partial charge in [-0.3, -0.25) is 0 Å². The van der Waals surface area contributed by atoms with E-state index in [1.807, 2.05) is 6.07 Å². The molecule has 2 heterocycles. The predicted molar refractivity (Wildman–Crippen MR) is 78.6 cm³/mol. The Labute approximate surface area is 115 Å². The molecular weight excluding hydrogens is 240 g/mol. The number of rotatable bonds is 7. The van der Waals surface area contributed by atoms with Crippen molar-refractivity contribution in [2.24, 2.45) is 0 Å². The van der Waals surface area contributed by atoms with Crippen molar-refractivity contribution in [2.45, 2.75) is 18.9 Å². The van der Waals surface area contributed by atoms with Crippen LogP contribution >= 0.6 is 0 Å². The number of aromatic nitrogens is 2. The molecule has 0 bridgehead atoms. The van der Waals surface area contributed by atoms with Gasteiger partial charge in [0.2, 0.25) is 0 Å². The summed E-state index contributed by atoms with van der Waals surface area (Å²) in [4.78, 5) is 10.7. The first-order valence-corrected chi connectivity index (χ1v) is 6.92. The van der Waals surface area contributed by atoms with E-state index in [-0.39, 0.29) is 0 Å². The standard InChI is InChI=1S/C13H24N6/c1-19(2)7-3-5-15-12-8-13(17-10-16-12)18-11-4-6-14-9-11/h8,10-11,14H,3-7,9H2,1-2H3,(H2,15,16,17,18). The fourth-order valence-corrected chi connectivity index (χ4v) is 2.13. The van der Waals surface area contributed by atoms with Crippen LogP contribution in [-0.2, 0) is 0 Å². The molecule has 2 rings (SSSR count). The van der Waals surface area contributed by atoms with Crippen LogP contribution in [0.25, 0.3) is 0 Å². The molecule has 19 heavy (non-hydrogen) atoms. The van der Waals surface area contributed by atoms with E-state index in [9.17, 15) is 0 Å². The zero-order valence-electron chi connectivity index (χ0n) is 11.8. The molecule has 106 valence electrons. The summed E-state index contributed by atoms with van der Waals surface area (Å²) < 4.78 is 0. The zero-order chi connectivity index (χ0) is 13.5. The molecule has 0 aliphatic carbocycles. The summed E-state index contributed by atoms with van der Waals surface area (Å²) in [6.45, 7) is 4.10. The van der Waals surface area contributed by atoms with Gasteiger partial charge in [0.25, 0.3) is 0 Å². The van der Waals surface area contributed by atoms with E-state index in [0.717, 1.165) is 50.7 Å². The van der Waals surface area contributed by atoms with Gasteiger partial charge in [-0.2, -0.15) is 0 Å². The van der Waals surface area contributed by atoms with Crippen LogP contribution < -0.4 is 16.0 Å². The molecule has 3 N–H and O–H groups in total. The van der Waals surface area contributed by atoms with Crippen molar-refractivity contribution in [1.82, 2.24) is 20.2 Å². The third kappa shape index (κ3) is 5.00. The number of nitrogens with one attached hydrogen (secondary N) is 3. The van der Waals surface area contributed by atoms with Crippen LogP contribution in [0.5, 0.6) is 0 Å². The van der Waals surface area contributed by atoms with Crippen LogP contribution in [-0.4, -0.2) is 61.2 Å². The second-order valence-corrected chi connectivity index (χ2v) is 5.21. The number of hydrogen-bond acceptors (Lipinski definition) is 6. The Morgan fingerprint density at radius 1 is 1.37 bits per heavy atom. The Balaban J connectivity index is 1.77. The third-order valence-electron chi connectivity index (χ3n) is 3.17. The molecule has 1 unspecified atom stereocenters. The van der Waals surface area contributed by atoms with E-state index < -0.39 is 0 Å². The maximum atomic E-state index is 4.26. The molecule has 1 aliphatic rings. The summed E-state index contributed by atoms with van der Waals surface area (Å²) >= 11 is 0. The summed E-state index contributed by atoms with van der Waals surface area (Å²) in [6, 6.07) is 2.46. The Morgan fingerprint density at radius 3 is 2.95 bits per heavy atom. The Hall–Kier alpha value is -1.40. The average molecular weight is 264 g/mol. The molecule has 0 aromatic carbocycles. The lowest BCUT2D eigenvalue weighted by molar-refractivity contribution is 0.405. The minimum atomic E-state index is 0.483. The van der Waals surface area contributed by atoms with Crippen molar-refractivity contribution in [1.29, 1.82) is 0 Å². The molecule has 6 nitrogen and oxygen atoms in total. The molecule has 1 saturated heterocycles. The lowest BCUT2D eigenvalue weighted by Crippen LogP contribution is -2.22. The highest BCUT2D eigenvalue weighted by Gasteiger charge is 2.14. The number of hydrogen-bond donors (Lipinski definition) is 3. The quantitative estimate of drug-likeness (QED) is 0.627. The summed E-state index contributed by atoms with van der Waals surface area (Å²) in [5.41, 5.74) is 0. The van der Waals surface area contributed by atoms with Gasteiger partial charge in [0.15, 0.2) is 0 Å². The van der Waals surface area contributed by atoms with E-state index in [1.54, 1.807) is 6.33 Å². The van der Waals surface area contributed by atoms with Crippen molar-refractivity contribution in [2.75, 3.05) is 50.9 Å².